The Morgan fingerprint density at radius 2 is 2.06 bits per heavy atom. The summed E-state index contributed by atoms with van der Waals surface area (Å²) in [6.07, 6.45) is 0.916. The molecule has 0 radical (unpaired) electrons. The van der Waals surface area contributed by atoms with E-state index in [0.29, 0.717) is 18.6 Å². The van der Waals surface area contributed by atoms with Gasteiger partial charge in [-0.3, -0.25) is 0 Å². The molecule has 0 bridgehead atoms. The van der Waals surface area contributed by atoms with Gasteiger partial charge in [0.15, 0.2) is 0 Å². The number of halogens is 1. The second-order valence-electron chi connectivity index (χ2n) is 3.63. The zero-order chi connectivity index (χ0) is 12.1. The van der Waals surface area contributed by atoms with Crippen LogP contribution in [0.1, 0.15) is 13.3 Å². The van der Waals surface area contributed by atoms with E-state index < -0.39 is 0 Å². The number of aromatic nitrogens is 3. The SMILES string of the molecule is CCCOc1nc(Cl)nc(N2CCSCC2)n1. The van der Waals surface area contributed by atoms with E-state index in [9.17, 15) is 0 Å². The third kappa shape index (κ3) is 3.61. The maximum absolute atomic E-state index is 5.87. The molecule has 0 aliphatic carbocycles. The Balaban J connectivity index is 2.12. The molecular formula is C10H15ClN4OS. The van der Waals surface area contributed by atoms with E-state index in [1.807, 2.05) is 18.7 Å². The van der Waals surface area contributed by atoms with E-state index in [1.165, 1.54) is 0 Å². The van der Waals surface area contributed by atoms with Crippen molar-refractivity contribution in [2.75, 3.05) is 36.1 Å². The van der Waals surface area contributed by atoms with Crippen LogP contribution in [0, 0.1) is 0 Å². The minimum absolute atomic E-state index is 0.194. The van der Waals surface area contributed by atoms with E-state index in [2.05, 4.69) is 19.9 Å². The topological polar surface area (TPSA) is 51.1 Å². The first kappa shape index (κ1) is 12.7. The fraction of sp³-hybridized carbons (Fsp3) is 0.700. The molecule has 0 spiro atoms. The lowest BCUT2D eigenvalue weighted by atomic mass is 10.5. The molecule has 1 aromatic rings. The van der Waals surface area contributed by atoms with Gasteiger partial charge in [-0.1, -0.05) is 6.92 Å². The van der Waals surface area contributed by atoms with Gasteiger partial charge in [-0.2, -0.15) is 26.7 Å². The van der Waals surface area contributed by atoms with Gasteiger partial charge >= 0.3 is 6.01 Å². The van der Waals surface area contributed by atoms with Crippen LogP contribution in [0.2, 0.25) is 5.28 Å². The molecular weight excluding hydrogens is 260 g/mol. The Morgan fingerprint density at radius 3 is 2.76 bits per heavy atom. The highest BCUT2D eigenvalue weighted by atomic mass is 35.5. The molecule has 1 aromatic heterocycles. The summed E-state index contributed by atoms with van der Waals surface area (Å²) in [7, 11) is 0. The van der Waals surface area contributed by atoms with Crippen molar-refractivity contribution >= 4 is 29.3 Å². The van der Waals surface area contributed by atoms with E-state index in [1.54, 1.807) is 0 Å². The summed E-state index contributed by atoms with van der Waals surface area (Å²) >= 11 is 7.81. The number of nitrogens with zero attached hydrogens (tertiary/aromatic N) is 4. The highest BCUT2D eigenvalue weighted by Crippen LogP contribution is 2.18. The van der Waals surface area contributed by atoms with Crippen molar-refractivity contribution in [3.63, 3.8) is 0 Å². The second-order valence-corrected chi connectivity index (χ2v) is 5.20. The van der Waals surface area contributed by atoms with Crippen molar-refractivity contribution in [3.8, 4) is 6.01 Å². The van der Waals surface area contributed by atoms with E-state index in [0.717, 1.165) is 31.0 Å². The first-order valence-electron chi connectivity index (χ1n) is 5.66. The minimum atomic E-state index is 0.194. The van der Waals surface area contributed by atoms with E-state index >= 15 is 0 Å². The summed E-state index contributed by atoms with van der Waals surface area (Å²) in [6, 6.07) is 0.320. The molecule has 17 heavy (non-hydrogen) atoms. The normalized spacial score (nSPS) is 16.0. The fourth-order valence-electron chi connectivity index (χ4n) is 1.48. The van der Waals surface area contributed by atoms with Crippen molar-refractivity contribution in [1.29, 1.82) is 0 Å². The molecule has 1 fully saturated rings. The Labute approximate surface area is 110 Å². The van der Waals surface area contributed by atoms with Crippen LogP contribution < -0.4 is 9.64 Å². The molecule has 2 heterocycles. The van der Waals surface area contributed by atoms with Crippen molar-refractivity contribution in [2.45, 2.75) is 13.3 Å². The van der Waals surface area contributed by atoms with Gasteiger partial charge in [-0.15, -0.1) is 0 Å². The number of anilines is 1. The Kier molecular flexibility index (Phi) is 4.67. The minimum Gasteiger partial charge on any atom is -0.463 e. The Hall–Kier alpha value is -0.750. The molecule has 0 amide bonds. The number of rotatable bonds is 4. The molecule has 1 aliphatic heterocycles. The molecule has 0 aromatic carbocycles. The molecule has 5 nitrogen and oxygen atoms in total. The molecule has 0 unspecified atom stereocenters. The first-order chi connectivity index (χ1) is 8.29. The quantitative estimate of drug-likeness (QED) is 0.835. The standard InChI is InChI=1S/C10H15ClN4OS/c1-2-5-16-10-13-8(11)12-9(14-10)15-3-6-17-7-4-15/h2-7H2,1H3. The smallest absolute Gasteiger partial charge is 0.322 e. The van der Waals surface area contributed by atoms with Crippen molar-refractivity contribution in [2.24, 2.45) is 0 Å². The zero-order valence-corrected chi connectivity index (χ0v) is 11.3. The molecule has 0 saturated carbocycles. The molecule has 2 rings (SSSR count). The fourth-order valence-corrected chi connectivity index (χ4v) is 2.54. The van der Waals surface area contributed by atoms with Crippen LogP contribution in [0.25, 0.3) is 0 Å². The summed E-state index contributed by atoms with van der Waals surface area (Å²) in [5.74, 6) is 2.81. The van der Waals surface area contributed by atoms with Crippen molar-refractivity contribution in [3.05, 3.63) is 5.28 Å². The maximum Gasteiger partial charge on any atom is 0.322 e. The van der Waals surface area contributed by atoms with Gasteiger partial charge in [-0.05, 0) is 18.0 Å². The van der Waals surface area contributed by atoms with Gasteiger partial charge in [0, 0.05) is 24.6 Å². The second kappa shape index (κ2) is 6.26. The zero-order valence-electron chi connectivity index (χ0n) is 9.73. The average Bonchev–Trinajstić information content (AvgIpc) is 2.37. The number of hydrogen-bond acceptors (Lipinski definition) is 6. The summed E-state index contributed by atoms with van der Waals surface area (Å²) in [5.41, 5.74) is 0. The van der Waals surface area contributed by atoms with Gasteiger partial charge < -0.3 is 9.64 Å². The lowest BCUT2D eigenvalue weighted by Crippen LogP contribution is -2.34. The van der Waals surface area contributed by atoms with Crippen LogP contribution in [0.4, 0.5) is 5.95 Å². The Morgan fingerprint density at radius 1 is 1.29 bits per heavy atom. The van der Waals surface area contributed by atoms with Crippen LogP contribution in [0.3, 0.4) is 0 Å². The van der Waals surface area contributed by atoms with Gasteiger partial charge in [0.25, 0.3) is 0 Å². The predicted molar refractivity (Wildman–Crippen MR) is 70.2 cm³/mol. The van der Waals surface area contributed by atoms with Crippen LogP contribution in [0.15, 0.2) is 0 Å². The lowest BCUT2D eigenvalue weighted by molar-refractivity contribution is 0.291. The van der Waals surface area contributed by atoms with Gasteiger partial charge in [0.2, 0.25) is 11.2 Å². The monoisotopic (exact) mass is 274 g/mol. The van der Waals surface area contributed by atoms with Crippen LogP contribution in [-0.4, -0.2) is 46.2 Å². The van der Waals surface area contributed by atoms with Crippen molar-refractivity contribution < 1.29 is 4.74 Å². The lowest BCUT2D eigenvalue weighted by Gasteiger charge is -2.26. The van der Waals surface area contributed by atoms with Gasteiger partial charge in [-0.25, -0.2) is 0 Å². The van der Waals surface area contributed by atoms with Crippen LogP contribution in [0.5, 0.6) is 6.01 Å². The van der Waals surface area contributed by atoms with E-state index in [4.69, 9.17) is 16.3 Å². The third-order valence-corrected chi connectivity index (χ3v) is 3.42. The van der Waals surface area contributed by atoms with Crippen LogP contribution >= 0.6 is 23.4 Å². The third-order valence-electron chi connectivity index (χ3n) is 2.31. The number of thioether (sulfide) groups is 1. The predicted octanol–water partition coefficient (Wildman–Crippen LogP) is 1.87. The van der Waals surface area contributed by atoms with Crippen LogP contribution in [-0.2, 0) is 0 Å². The maximum atomic E-state index is 5.87. The highest BCUT2D eigenvalue weighted by molar-refractivity contribution is 7.99. The molecule has 1 saturated heterocycles. The molecule has 7 heteroatoms. The molecule has 0 atom stereocenters. The first-order valence-corrected chi connectivity index (χ1v) is 7.20. The summed E-state index contributed by atoms with van der Waals surface area (Å²) < 4.78 is 5.39. The van der Waals surface area contributed by atoms with Gasteiger partial charge in [0.05, 0.1) is 6.61 Å². The van der Waals surface area contributed by atoms with Gasteiger partial charge in [0.1, 0.15) is 0 Å². The summed E-state index contributed by atoms with van der Waals surface area (Å²) in [4.78, 5) is 14.5. The molecule has 0 N–H and O–H groups in total. The largest absolute Gasteiger partial charge is 0.463 e. The highest BCUT2D eigenvalue weighted by Gasteiger charge is 2.16. The van der Waals surface area contributed by atoms with E-state index in [-0.39, 0.29) is 5.28 Å². The summed E-state index contributed by atoms with van der Waals surface area (Å²) in [5, 5.41) is 0.194. The Bertz CT molecular complexity index is 373. The number of ether oxygens (including phenoxy) is 1. The van der Waals surface area contributed by atoms with Crippen molar-refractivity contribution in [1.82, 2.24) is 15.0 Å². The molecule has 1 aliphatic rings. The average molecular weight is 275 g/mol. The molecule has 94 valence electrons. The summed E-state index contributed by atoms with van der Waals surface area (Å²) in [6.45, 7) is 4.51. The number of hydrogen-bond donors (Lipinski definition) is 0.